The lowest BCUT2D eigenvalue weighted by molar-refractivity contribution is -0.123. The first-order valence-corrected chi connectivity index (χ1v) is 8.35. The fourth-order valence-corrected chi connectivity index (χ4v) is 3.22. The Morgan fingerprint density at radius 1 is 1.04 bits per heavy atom. The molecule has 25 heavy (non-hydrogen) atoms. The average Bonchev–Trinajstić information content (AvgIpc) is 2.83. The second-order valence-electron chi connectivity index (χ2n) is 5.11. The first-order chi connectivity index (χ1) is 11.8. The smallest absolute Gasteiger partial charge is 0.339 e. The number of nitrogens with two attached hydrogens (primary N) is 1. The summed E-state index contributed by atoms with van der Waals surface area (Å²) >= 11 is 0. The minimum atomic E-state index is -4.32. The molecule has 1 aliphatic rings. The van der Waals surface area contributed by atoms with Gasteiger partial charge in [-0.3, -0.25) is 4.79 Å². The number of ether oxygens (including phenoxy) is 1. The van der Waals surface area contributed by atoms with E-state index in [1.807, 2.05) is 0 Å². The van der Waals surface area contributed by atoms with Crippen molar-refractivity contribution in [3.63, 3.8) is 0 Å². The minimum Gasteiger partial charge on any atom is -0.460 e. The summed E-state index contributed by atoms with van der Waals surface area (Å²) < 4.78 is 60.9. The fourth-order valence-electron chi connectivity index (χ4n) is 2.25. The Labute approximate surface area is 141 Å². The van der Waals surface area contributed by atoms with E-state index in [2.05, 4.69) is 0 Å². The highest BCUT2D eigenvalue weighted by molar-refractivity contribution is 7.86. The van der Waals surface area contributed by atoms with Gasteiger partial charge in [0.15, 0.2) is 6.10 Å². The maximum absolute atomic E-state index is 13.3. The van der Waals surface area contributed by atoms with Crippen LogP contribution in [0.4, 0.5) is 8.78 Å². The number of halogens is 2. The molecule has 1 aliphatic heterocycles. The van der Waals surface area contributed by atoms with E-state index in [9.17, 15) is 22.0 Å². The van der Waals surface area contributed by atoms with Crippen LogP contribution in [-0.2, 0) is 23.8 Å². The molecule has 0 saturated carbocycles. The second kappa shape index (κ2) is 6.17. The van der Waals surface area contributed by atoms with Crippen molar-refractivity contribution >= 4 is 15.9 Å². The molecule has 9 heteroatoms. The average molecular weight is 367 g/mol. The van der Waals surface area contributed by atoms with E-state index in [1.54, 1.807) is 6.07 Å². The lowest BCUT2D eigenvalue weighted by Gasteiger charge is -2.10. The van der Waals surface area contributed by atoms with Gasteiger partial charge in [0.25, 0.3) is 0 Å². The summed E-state index contributed by atoms with van der Waals surface area (Å²) in [7, 11) is -4.32. The van der Waals surface area contributed by atoms with Crippen molar-refractivity contribution in [2.75, 3.05) is 0 Å². The van der Waals surface area contributed by atoms with E-state index in [4.69, 9.17) is 14.7 Å². The number of hydrogen-bond donors (Lipinski definition) is 1. The summed E-state index contributed by atoms with van der Waals surface area (Å²) in [6.07, 6.45) is -1.49. The van der Waals surface area contributed by atoms with Gasteiger partial charge in [0.05, 0.1) is 0 Å². The van der Waals surface area contributed by atoms with Gasteiger partial charge >= 0.3 is 10.1 Å². The van der Waals surface area contributed by atoms with Gasteiger partial charge in [0, 0.05) is 11.6 Å². The molecule has 0 saturated heterocycles. The maximum atomic E-state index is 13.3. The van der Waals surface area contributed by atoms with Gasteiger partial charge in [0.2, 0.25) is 17.4 Å². The zero-order valence-electron chi connectivity index (χ0n) is 12.5. The molecule has 2 N–H and O–H groups in total. The Bertz CT molecular complexity index is 953. The molecule has 3 rings (SSSR count). The van der Waals surface area contributed by atoms with Crippen molar-refractivity contribution in [1.82, 2.24) is 0 Å². The topological polar surface area (TPSA) is 95.7 Å². The molecule has 0 aromatic heterocycles. The standard InChI is InChI=1S/C16H11F2NO5S/c17-10-6-9(7-11(18)8-10)14-13(20)15(16(19)23-14)24-25(21,22)12-4-2-1-3-5-12/h1-8,14H,19H2. The van der Waals surface area contributed by atoms with Crippen molar-refractivity contribution in [3.8, 4) is 0 Å². The van der Waals surface area contributed by atoms with Crippen molar-refractivity contribution in [1.29, 1.82) is 0 Å². The molecule has 0 aliphatic carbocycles. The van der Waals surface area contributed by atoms with Gasteiger partial charge in [-0.1, -0.05) is 18.2 Å². The van der Waals surface area contributed by atoms with Crippen LogP contribution in [0.5, 0.6) is 0 Å². The summed E-state index contributed by atoms with van der Waals surface area (Å²) in [5.74, 6) is -4.12. The number of ketones is 1. The van der Waals surface area contributed by atoms with Gasteiger partial charge in [0.1, 0.15) is 16.5 Å². The number of Topliss-reactive ketones (excluding diaryl/α,β-unsaturated/α-hetero) is 1. The third-order valence-electron chi connectivity index (χ3n) is 3.34. The highest BCUT2D eigenvalue weighted by Gasteiger charge is 2.40. The largest absolute Gasteiger partial charge is 0.460 e. The molecular weight excluding hydrogens is 356 g/mol. The van der Waals surface area contributed by atoms with E-state index < -0.39 is 45.3 Å². The number of hydrogen-bond acceptors (Lipinski definition) is 6. The summed E-state index contributed by atoms with van der Waals surface area (Å²) in [6, 6.07) is 9.47. The van der Waals surface area contributed by atoms with E-state index in [0.717, 1.165) is 12.1 Å². The number of rotatable bonds is 4. The lowest BCUT2D eigenvalue weighted by atomic mass is 10.1. The minimum absolute atomic E-state index is 0.152. The summed E-state index contributed by atoms with van der Waals surface area (Å²) in [6.45, 7) is 0. The molecule has 0 amide bonds. The molecule has 0 bridgehead atoms. The number of carbonyl (C=O) groups is 1. The van der Waals surface area contributed by atoms with Crippen molar-refractivity contribution < 1.29 is 30.9 Å². The van der Waals surface area contributed by atoms with Gasteiger partial charge in [-0.05, 0) is 24.3 Å². The van der Waals surface area contributed by atoms with Gasteiger partial charge in [-0.15, -0.1) is 0 Å². The zero-order valence-corrected chi connectivity index (χ0v) is 13.3. The Kier molecular flexibility index (Phi) is 4.17. The summed E-state index contributed by atoms with van der Waals surface area (Å²) in [5.41, 5.74) is 5.37. The van der Waals surface area contributed by atoms with Gasteiger partial charge < -0.3 is 14.7 Å². The van der Waals surface area contributed by atoms with Crippen LogP contribution in [-0.4, -0.2) is 14.2 Å². The highest BCUT2D eigenvalue weighted by Crippen LogP contribution is 2.33. The normalized spacial score (nSPS) is 17.5. The number of carbonyl (C=O) groups excluding carboxylic acids is 1. The molecule has 2 aromatic rings. The molecule has 130 valence electrons. The third-order valence-corrected chi connectivity index (χ3v) is 4.58. The van der Waals surface area contributed by atoms with E-state index in [-0.39, 0.29) is 10.5 Å². The van der Waals surface area contributed by atoms with Gasteiger partial charge in [-0.2, -0.15) is 8.42 Å². The quantitative estimate of drug-likeness (QED) is 0.832. The van der Waals surface area contributed by atoms with Crippen LogP contribution in [0.2, 0.25) is 0 Å². The van der Waals surface area contributed by atoms with Crippen LogP contribution in [0.3, 0.4) is 0 Å². The van der Waals surface area contributed by atoms with Crippen LogP contribution >= 0.6 is 0 Å². The first kappa shape index (κ1) is 16.9. The highest BCUT2D eigenvalue weighted by atomic mass is 32.2. The van der Waals surface area contributed by atoms with Crippen LogP contribution in [0, 0.1) is 11.6 Å². The second-order valence-corrected chi connectivity index (χ2v) is 6.66. The molecule has 0 spiro atoms. The van der Waals surface area contributed by atoms with Crippen LogP contribution in [0.15, 0.2) is 65.1 Å². The van der Waals surface area contributed by atoms with Crippen LogP contribution in [0.25, 0.3) is 0 Å². The van der Waals surface area contributed by atoms with Crippen molar-refractivity contribution in [2.45, 2.75) is 11.0 Å². The fraction of sp³-hybridized carbons (Fsp3) is 0.0625. The first-order valence-electron chi connectivity index (χ1n) is 6.94. The van der Waals surface area contributed by atoms with E-state index in [0.29, 0.717) is 6.07 Å². The molecule has 2 aromatic carbocycles. The lowest BCUT2D eigenvalue weighted by Crippen LogP contribution is -2.15. The Morgan fingerprint density at radius 2 is 1.64 bits per heavy atom. The van der Waals surface area contributed by atoms with Crippen LogP contribution < -0.4 is 5.73 Å². The Morgan fingerprint density at radius 3 is 2.24 bits per heavy atom. The number of benzene rings is 2. The van der Waals surface area contributed by atoms with Crippen molar-refractivity contribution in [2.24, 2.45) is 5.73 Å². The molecule has 1 atom stereocenters. The Hall–Kier alpha value is -2.94. The van der Waals surface area contributed by atoms with E-state index >= 15 is 0 Å². The Balaban J connectivity index is 1.89. The molecule has 0 fully saturated rings. The van der Waals surface area contributed by atoms with E-state index in [1.165, 1.54) is 24.3 Å². The van der Waals surface area contributed by atoms with Crippen molar-refractivity contribution in [3.05, 3.63) is 77.4 Å². The van der Waals surface area contributed by atoms with Gasteiger partial charge in [-0.25, -0.2) is 8.78 Å². The predicted octanol–water partition coefficient (Wildman–Crippen LogP) is 2.14. The zero-order chi connectivity index (χ0) is 18.2. The summed E-state index contributed by atoms with van der Waals surface area (Å²) in [5, 5.41) is 0. The molecule has 1 heterocycles. The molecule has 0 radical (unpaired) electrons. The summed E-state index contributed by atoms with van der Waals surface area (Å²) in [4.78, 5) is 12.2. The SMILES string of the molecule is NC1=C(OS(=O)(=O)c2ccccc2)C(=O)C(c2cc(F)cc(F)c2)O1. The molecule has 1 unspecified atom stereocenters. The van der Waals surface area contributed by atoms with Crippen LogP contribution in [0.1, 0.15) is 11.7 Å². The third kappa shape index (κ3) is 3.31. The molecular formula is C16H11F2NO5S. The monoisotopic (exact) mass is 367 g/mol. The maximum Gasteiger partial charge on any atom is 0.339 e. The molecule has 6 nitrogen and oxygen atoms in total. The predicted molar refractivity (Wildman–Crippen MR) is 81.1 cm³/mol.